The number of rotatable bonds is 4. The number of fused-ring (bicyclic) bond motifs is 1. The number of para-hydroxylation sites is 1. The molecule has 0 saturated carbocycles. The molecule has 0 atom stereocenters. The Balaban J connectivity index is 1.48. The molecule has 158 valence electrons. The highest BCUT2D eigenvalue weighted by Gasteiger charge is 2.33. The van der Waals surface area contributed by atoms with Gasteiger partial charge in [-0.1, -0.05) is 18.2 Å². The van der Waals surface area contributed by atoms with Crippen molar-refractivity contribution in [2.45, 2.75) is 24.2 Å². The van der Waals surface area contributed by atoms with Crippen molar-refractivity contribution >= 4 is 32.8 Å². The van der Waals surface area contributed by atoms with Gasteiger partial charge in [0.05, 0.1) is 4.92 Å². The molecule has 2 aliphatic heterocycles. The smallest absolute Gasteiger partial charge is 0.288 e. The number of nitro groups is 1. The summed E-state index contributed by atoms with van der Waals surface area (Å²) in [5.74, 6) is 0.0555. The van der Waals surface area contributed by atoms with E-state index in [1.807, 2.05) is 28.0 Å². The van der Waals surface area contributed by atoms with Gasteiger partial charge in [0.15, 0.2) is 9.84 Å². The first-order valence-corrected chi connectivity index (χ1v) is 11.8. The van der Waals surface area contributed by atoms with Crippen LogP contribution in [0, 0.1) is 16.0 Å². The van der Waals surface area contributed by atoms with Crippen LogP contribution in [0.4, 0.5) is 17.1 Å². The minimum absolute atomic E-state index is 0.0835. The second-order valence-electron chi connectivity index (χ2n) is 7.81. The molecule has 1 amide bonds. The summed E-state index contributed by atoms with van der Waals surface area (Å²) in [5.41, 5.74) is 2.40. The van der Waals surface area contributed by atoms with E-state index >= 15 is 0 Å². The average Bonchev–Trinajstić information content (AvgIpc) is 3.16. The Hall–Kier alpha value is -2.94. The summed E-state index contributed by atoms with van der Waals surface area (Å²) in [4.78, 5) is 27.1. The standard InChI is InChI=1S/C21H23N3O5S/c1-30(28,29)20-14-17(6-7-19(20)24(26)27)22-11-8-16(9-12-22)21(25)23-13-10-15-4-2-3-5-18(15)23/h2-7,14,16H,8-13H2,1H3. The summed E-state index contributed by atoms with van der Waals surface area (Å²) in [5, 5.41) is 11.2. The van der Waals surface area contributed by atoms with Gasteiger partial charge in [0.2, 0.25) is 5.91 Å². The van der Waals surface area contributed by atoms with Gasteiger partial charge in [-0.2, -0.15) is 0 Å². The van der Waals surface area contributed by atoms with Crippen LogP contribution >= 0.6 is 0 Å². The van der Waals surface area contributed by atoms with Crippen molar-refractivity contribution in [2.75, 3.05) is 35.7 Å². The summed E-state index contributed by atoms with van der Waals surface area (Å²) < 4.78 is 24.0. The minimum atomic E-state index is -3.73. The first-order valence-electron chi connectivity index (χ1n) is 9.88. The Bertz CT molecular complexity index is 1110. The Morgan fingerprint density at radius 3 is 2.47 bits per heavy atom. The molecule has 2 heterocycles. The van der Waals surface area contributed by atoms with Crippen LogP contribution in [-0.2, 0) is 21.1 Å². The SMILES string of the molecule is CS(=O)(=O)c1cc(N2CCC(C(=O)N3CCc4ccccc43)CC2)ccc1[N+](=O)[O-]. The molecule has 0 aliphatic carbocycles. The molecular weight excluding hydrogens is 406 g/mol. The summed E-state index contributed by atoms with van der Waals surface area (Å²) in [7, 11) is -3.73. The third kappa shape index (κ3) is 3.77. The van der Waals surface area contributed by atoms with E-state index in [9.17, 15) is 23.3 Å². The van der Waals surface area contributed by atoms with E-state index in [-0.39, 0.29) is 16.7 Å². The molecule has 0 radical (unpaired) electrons. The van der Waals surface area contributed by atoms with Crippen LogP contribution in [0.25, 0.3) is 0 Å². The largest absolute Gasteiger partial charge is 0.371 e. The van der Waals surface area contributed by atoms with E-state index in [0.717, 1.165) is 18.4 Å². The van der Waals surface area contributed by atoms with Gasteiger partial charge in [0, 0.05) is 49.2 Å². The molecule has 8 nitrogen and oxygen atoms in total. The number of carbonyl (C=O) groups is 1. The van der Waals surface area contributed by atoms with Crippen LogP contribution in [0.2, 0.25) is 0 Å². The minimum Gasteiger partial charge on any atom is -0.371 e. The van der Waals surface area contributed by atoms with Gasteiger partial charge in [-0.25, -0.2) is 8.42 Å². The molecule has 4 rings (SSSR count). The van der Waals surface area contributed by atoms with E-state index in [2.05, 4.69) is 6.07 Å². The predicted molar refractivity (Wildman–Crippen MR) is 114 cm³/mol. The van der Waals surface area contributed by atoms with Crippen molar-refractivity contribution in [3.05, 3.63) is 58.1 Å². The van der Waals surface area contributed by atoms with Crippen LogP contribution < -0.4 is 9.80 Å². The maximum absolute atomic E-state index is 13.1. The second kappa shape index (κ2) is 7.71. The highest BCUT2D eigenvalue weighted by atomic mass is 32.2. The van der Waals surface area contributed by atoms with Gasteiger partial charge < -0.3 is 9.80 Å². The number of benzene rings is 2. The molecule has 1 fully saturated rings. The third-order valence-corrected chi connectivity index (χ3v) is 7.03. The van der Waals surface area contributed by atoms with Crippen LogP contribution in [0.1, 0.15) is 18.4 Å². The number of anilines is 2. The number of nitro benzene ring substituents is 1. The molecule has 2 aromatic rings. The number of piperidine rings is 1. The number of hydrogen-bond acceptors (Lipinski definition) is 6. The van der Waals surface area contributed by atoms with Gasteiger partial charge in [-0.05, 0) is 43.0 Å². The number of hydrogen-bond donors (Lipinski definition) is 0. The molecule has 9 heteroatoms. The molecule has 1 saturated heterocycles. The lowest BCUT2D eigenvalue weighted by Gasteiger charge is -2.34. The average molecular weight is 429 g/mol. The van der Waals surface area contributed by atoms with Gasteiger partial charge in [-0.15, -0.1) is 0 Å². The molecule has 2 aliphatic rings. The Labute approximate surface area is 175 Å². The van der Waals surface area contributed by atoms with Crippen molar-refractivity contribution in [1.29, 1.82) is 0 Å². The molecule has 0 bridgehead atoms. The fourth-order valence-electron chi connectivity index (χ4n) is 4.32. The highest BCUT2D eigenvalue weighted by molar-refractivity contribution is 7.90. The zero-order valence-corrected chi connectivity index (χ0v) is 17.5. The first kappa shape index (κ1) is 20.3. The van der Waals surface area contributed by atoms with Gasteiger partial charge in [0.1, 0.15) is 4.90 Å². The number of carbonyl (C=O) groups excluding carboxylic acids is 1. The fourth-order valence-corrected chi connectivity index (χ4v) is 5.18. The quantitative estimate of drug-likeness (QED) is 0.547. The van der Waals surface area contributed by atoms with Crippen LogP contribution in [0.15, 0.2) is 47.4 Å². The lowest BCUT2D eigenvalue weighted by Crippen LogP contribution is -2.42. The Morgan fingerprint density at radius 1 is 1.10 bits per heavy atom. The summed E-state index contributed by atoms with van der Waals surface area (Å²) in [6, 6.07) is 12.2. The van der Waals surface area contributed by atoms with Crippen molar-refractivity contribution < 1.29 is 18.1 Å². The van der Waals surface area contributed by atoms with E-state index in [1.54, 1.807) is 6.07 Å². The zero-order valence-electron chi connectivity index (χ0n) is 16.7. The van der Waals surface area contributed by atoms with Gasteiger partial charge in [0.25, 0.3) is 5.69 Å². The Kier molecular flexibility index (Phi) is 5.23. The normalized spacial score (nSPS) is 17.1. The zero-order chi connectivity index (χ0) is 21.5. The maximum Gasteiger partial charge on any atom is 0.288 e. The topological polar surface area (TPSA) is 101 Å². The van der Waals surface area contributed by atoms with Crippen LogP contribution in [0.3, 0.4) is 0 Å². The second-order valence-corrected chi connectivity index (χ2v) is 9.80. The Morgan fingerprint density at radius 2 is 1.80 bits per heavy atom. The summed E-state index contributed by atoms with van der Waals surface area (Å²) in [6.07, 6.45) is 3.15. The molecule has 0 N–H and O–H groups in total. The van der Waals surface area contributed by atoms with Crippen molar-refractivity contribution in [1.82, 2.24) is 0 Å². The van der Waals surface area contributed by atoms with E-state index in [4.69, 9.17) is 0 Å². The van der Waals surface area contributed by atoms with Crippen molar-refractivity contribution in [3.8, 4) is 0 Å². The summed E-state index contributed by atoms with van der Waals surface area (Å²) in [6.45, 7) is 1.89. The van der Waals surface area contributed by atoms with Gasteiger partial charge in [-0.3, -0.25) is 14.9 Å². The van der Waals surface area contributed by atoms with E-state index < -0.39 is 20.4 Å². The lowest BCUT2D eigenvalue weighted by molar-refractivity contribution is -0.387. The van der Waals surface area contributed by atoms with E-state index in [0.29, 0.717) is 38.2 Å². The third-order valence-electron chi connectivity index (χ3n) is 5.90. The molecule has 2 aromatic carbocycles. The molecule has 0 unspecified atom stereocenters. The lowest BCUT2D eigenvalue weighted by atomic mass is 9.94. The fraction of sp³-hybridized carbons (Fsp3) is 0.381. The molecule has 0 aromatic heterocycles. The highest BCUT2D eigenvalue weighted by Crippen LogP contribution is 2.33. The van der Waals surface area contributed by atoms with Crippen molar-refractivity contribution in [3.63, 3.8) is 0 Å². The number of sulfone groups is 1. The monoisotopic (exact) mass is 429 g/mol. The first-order chi connectivity index (χ1) is 14.3. The summed E-state index contributed by atoms with van der Waals surface area (Å²) >= 11 is 0. The van der Waals surface area contributed by atoms with Crippen LogP contribution in [0.5, 0.6) is 0 Å². The predicted octanol–water partition coefficient (Wildman–Crippen LogP) is 2.80. The van der Waals surface area contributed by atoms with E-state index in [1.165, 1.54) is 17.7 Å². The maximum atomic E-state index is 13.1. The number of amides is 1. The van der Waals surface area contributed by atoms with Crippen molar-refractivity contribution in [2.24, 2.45) is 5.92 Å². The molecule has 30 heavy (non-hydrogen) atoms. The van der Waals surface area contributed by atoms with Crippen LogP contribution in [-0.4, -0.2) is 45.1 Å². The van der Waals surface area contributed by atoms with Gasteiger partial charge >= 0.3 is 0 Å². The molecular formula is C21H23N3O5S. The molecule has 0 spiro atoms. The number of nitrogens with zero attached hydrogens (tertiary/aromatic N) is 3.